The maximum Gasteiger partial charge on any atom is 0.246 e. The first-order chi connectivity index (χ1) is 12.2. The Morgan fingerprint density at radius 3 is 2.88 bits per heavy atom. The largest absolute Gasteiger partial charge is 0.339 e. The van der Waals surface area contributed by atoms with Gasteiger partial charge < -0.3 is 10.2 Å². The van der Waals surface area contributed by atoms with E-state index in [0.29, 0.717) is 11.5 Å². The Bertz CT molecular complexity index is 626. The highest BCUT2D eigenvalue weighted by Gasteiger charge is 2.56. The summed E-state index contributed by atoms with van der Waals surface area (Å²) < 4.78 is 0. The van der Waals surface area contributed by atoms with E-state index in [1.807, 2.05) is 17.7 Å². The highest BCUT2D eigenvalue weighted by Crippen LogP contribution is 2.56. The van der Waals surface area contributed by atoms with Gasteiger partial charge in [0, 0.05) is 36.8 Å². The fourth-order valence-electron chi connectivity index (χ4n) is 4.47. The molecule has 1 N–H and O–H groups in total. The average Bonchev–Trinajstić information content (AvgIpc) is 3.08. The lowest BCUT2D eigenvalue weighted by molar-refractivity contribution is -0.127. The number of nitrogens with one attached hydrogen (secondary N) is 1. The molecule has 5 nitrogen and oxygen atoms in total. The quantitative estimate of drug-likeness (QED) is 0.837. The van der Waals surface area contributed by atoms with Crippen molar-refractivity contribution in [1.82, 2.24) is 20.1 Å². The molecule has 0 bridgehead atoms. The van der Waals surface area contributed by atoms with Gasteiger partial charge in [-0.25, -0.2) is 4.98 Å². The van der Waals surface area contributed by atoms with Crippen LogP contribution in [0.5, 0.6) is 0 Å². The molecule has 1 aliphatic carbocycles. The fraction of sp³-hybridized carbons (Fsp3) is 0.684. The van der Waals surface area contributed by atoms with E-state index in [0.717, 1.165) is 58.4 Å². The smallest absolute Gasteiger partial charge is 0.246 e. The van der Waals surface area contributed by atoms with Crippen molar-refractivity contribution in [3.8, 4) is 0 Å². The minimum Gasteiger partial charge on any atom is -0.339 e. The van der Waals surface area contributed by atoms with Crippen molar-refractivity contribution in [2.24, 2.45) is 5.41 Å². The molecule has 1 unspecified atom stereocenters. The van der Waals surface area contributed by atoms with Crippen LogP contribution in [0.3, 0.4) is 0 Å². The lowest BCUT2D eigenvalue weighted by Crippen LogP contribution is -2.40. The molecule has 6 heteroatoms. The number of carbonyl (C=O) groups excluding carboxylic acids is 1. The van der Waals surface area contributed by atoms with Crippen molar-refractivity contribution in [3.05, 3.63) is 28.2 Å². The van der Waals surface area contributed by atoms with Gasteiger partial charge in [-0.05, 0) is 57.7 Å². The summed E-state index contributed by atoms with van der Waals surface area (Å²) in [6, 6.07) is 0.663. The van der Waals surface area contributed by atoms with Crippen molar-refractivity contribution in [2.45, 2.75) is 44.7 Å². The maximum atomic E-state index is 12.5. The number of hydrogen-bond acceptors (Lipinski definition) is 5. The van der Waals surface area contributed by atoms with Crippen LogP contribution in [0.1, 0.15) is 37.1 Å². The van der Waals surface area contributed by atoms with Crippen molar-refractivity contribution in [1.29, 1.82) is 0 Å². The van der Waals surface area contributed by atoms with Crippen LogP contribution in [-0.4, -0.2) is 60.0 Å². The molecule has 3 heterocycles. The third-order valence-electron chi connectivity index (χ3n) is 6.19. The summed E-state index contributed by atoms with van der Waals surface area (Å²) in [4.78, 5) is 21.5. The molecule has 1 aromatic heterocycles. The van der Waals surface area contributed by atoms with Crippen LogP contribution in [0.15, 0.2) is 23.2 Å². The minimum atomic E-state index is 0.236. The Kier molecular flexibility index (Phi) is 4.93. The summed E-state index contributed by atoms with van der Waals surface area (Å²) in [5, 5.41) is 6.59. The topological polar surface area (TPSA) is 48.5 Å². The van der Waals surface area contributed by atoms with Crippen LogP contribution in [0.4, 0.5) is 0 Å². The third kappa shape index (κ3) is 3.81. The van der Waals surface area contributed by atoms with Crippen LogP contribution in [0.2, 0.25) is 0 Å². The van der Waals surface area contributed by atoms with Gasteiger partial charge in [0.1, 0.15) is 5.01 Å². The zero-order valence-electron chi connectivity index (χ0n) is 15.0. The van der Waals surface area contributed by atoms with Gasteiger partial charge in [0.15, 0.2) is 0 Å². The minimum absolute atomic E-state index is 0.236. The summed E-state index contributed by atoms with van der Waals surface area (Å²) in [5.74, 6) is 0.236. The molecular formula is C19H28N4OS. The maximum absolute atomic E-state index is 12.5. The number of aromatic nitrogens is 1. The van der Waals surface area contributed by atoms with Gasteiger partial charge in [-0.1, -0.05) is 5.57 Å². The van der Waals surface area contributed by atoms with Crippen LogP contribution in [0.25, 0.3) is 0 Å². The monoisotopic (exact) mass is 360 g/mol. The first-order valence-corrected chi connectivity index (χ1v) is 10.3. The average molecular weight is 361 g/mol. The first kappa shape index (κ1) is 17.2. The normalized spacial score (nSPS) is 25.4. The Morgan fingerprint density at radius 2 is 2.20 bits per heavy atom. The van der Waals surface area contributed by atoms with Gasteiger partial charge in [-0.2, -0.15) is 0 Å². The molecule has 2 aliphatic heterocycles. The van der Waals surface area contributed by atoms with Gasteiger partial charge in [0.25, 0.3) is 0 Å². The molecule has 0 radical (unpaired) electrons. The summed E-state index contributed by atoms with van der Waals surface area (Å²) in [6.45, 7) is 4.81. The van der Waals surface area contributed by atoms with Gasteiger partial charge in [0.05, 0.1) is 6.54 Å². The number of likely N-dealkylation sites (tertiary alicyclic amines) is 1. The molecule has 1 amide bonds. The molecule has 0 aromatic carbocycles. The summed E-state index contributed by atoms with van der Waals surface area (Å²) in [7, 11) is 2.22. The zero-order chi connectivity index (χ0) is 17.3. The summed E-state index contributed by atoms with van der Waals surface area (Å²) in [6.07, 6.45) is 9.42. The number of nitrogens with zero attached hydrogens (tertiary/aromatic N) is 3. The van der Waals surface area contributed by atoms with E-state index in [1.54, 1.807) is 11.3 Å². The Labute approximate surface area is 154 Å². The highest BCUT2D eigenvalue weighted by molar-refractivity contribution is 7.09. The predicted molar refractivity (Wildman–Crippen MR) is 100 cm³/mol. The van der Waals surface area contributed by atoms with E-state index >= 15 is 0 Å². The van der Waals surface area contributed by atoms with Crippen molar-refractivity contribution >= 4 is 17.2 Å². The molecule has 4 rings (SSSR count). The number of amides is 1. The third-order valence-corrected chi connectivity index (χ3v) is 6.96. The lowest BCUT2D eigenvalue weighted by Gasteiger charge is -2.34. The van der Waals surface area contributed by atoms with Gasteiger partial charge >= 0.3 is 0 Å². The van der Waals surface area contributed by atoms with Crippen LogP contribution in [-0.2, 0) is 11.3 Å². The Morgan fingerprint density at radius 1 is 1.44 bits per heavy atom. The number of hydrogen-bond donors (Lipinski definition) is 1. The molecule has 3 fully saturated rings. The van der Waals surface area contributed by atoms with Gasteiger partial charge in [-0.15, -0.1) is 11.3 Å². The first-order valence-electron chi connectivity index (χ1n) is 9.44. The van der Waals surface area contributed by atoms with E-state index in [2.05, 4.69) is 27.1 Å². The van der Waals surface area contributed by atoms with E-state index < -0.39 is 0 Å². The molecule has 1 saturated carbocycles. The van der Waals surface area contributed by atoms with Gasteiger partial charge in [0.2, 0.25) is 5.91 Å². The van der Waals surface area contributed by atoms with E-state index in [4.69, 9.17) is 0 Å². The molecule has 1 atom stereocenters. The Hall–Kier alpha value is -1.24. The molecule has 136 valence electrons. The second-order valence-corrected chi connectivity index (χ2v) is 8.78. The lowest BCUT2D eigenvalue weighted by atomic mass is 9.92. The van der Waals surface area contributed by atoms with E-state index in [9.17, 15) is 4.79 Å². The molecule has 3 aliphatic rings. The SMILES string of the molecule is CN(Cc1nccs1)C1CC12CCN(C(=O)C=C1CCNCC1)CC2. The van der Waals surface area contributed by atoms with Crippen LogP contribution < -0.4 is 5.32 Å². The van der Waals surface area contributed by atoms with Crippen LogP contribution in [0, 0.1) is 5.41 Å². The second kappa shape index (κ2) is 7.17. The second-order valence-electron chi connectivity index (χ2n) is 7.80. The number of thiazole rings is 1. The van der Waals surface area contributed by atoms with Crippen LogP contribution >= 0.6 is 11.3 Å². The Balaban J connectivity index is 1.28. The standard InChI is InChI=1S/C19H28N4OS/c1-22(14-17-21-8-11-25-17)16-13-19(16)4-9-23(10-5-19)18(24)12-15-2-6-20-7-3-15/h8,11-12,16,20H,2-7,9-10,13-14H2,1H3. The van der Waals surface area contributed by atoms with E-state index in [1.165, 1.54) is 17.0 Å². The number of rotatable bonds is 4. The number of carbonyl (C=O) groups is 1. The van der Waals surface area contributed by atoms with Crippen molar-refractivity contribution in [2.75, 3.05) is 33.2 Å². The fourth-order valence-corrected chi connectivity index (χ4v) is 5.15. The van der Waals surface area contributed by atoms with Crippen molar-refractivity contribution < 1.29 is 4.79 Å². The predicted octanol–water partition coefficient (Wildman–Crippen LogP) is 2.27. The molecule has 25 heavy (non-hydrogen) atoms. The summed E-state index contributed by atoms with van der Waals surface area (Å²) >= 11 is 1.74. The summed E-state index contributed by atoms with van der Waals surface area (Å²) in [5.41, 5.74) is 1.77. The van der Waals surface area contributed by atoms with Gasteiger partial charge in [-0.3, -0.25) is 9.69 Å². The highest BCUT2D eigenvalue weighted by atomic mass is 32.1. The molecule has 1 spiro atoms. The number of piperidine rings is 2. The molecule has 1 aromatic rings. The zero-order valence-corrected chi connectivity index (χ0v) is 15.9. The molecule has 2 saturated heterocycles. The van der Waals surface area contributed by atoms with E-state index in [-0.39, 0.29) is 5.91 Å². The molecular weight excluding hydrogens is 332 g/mol. The van der Waals surface area contributed by atoms with Crippen molar-refractivity contribution in [3.63, 3.8) is 0 Å².